The van der Waals surface area contributed by atoms with Crippen LogP contribution in [0.4, 0.5) is 5.69 Å². The van der Waals surface area contributed by atoms with Gasteiger partial charge in [0, 0.05) is 13.1 Å². The maximum atomic E-state index is 12.8. The highest BCUT2D eigenvalue weighted by Crippen LogP contribution is 2.24. The lowest BCUT2D eigenvalue weighted by atomic mass is 10.1. The number of carbonyl (C=O) groups excluding carboxylic acids is 1. The largest absolute Gasteiger partial charge is 0.337 e. The number of amides is 1. The van der Waals surface area contributed by atoms with Crippen LogP contribution in [0.5, 0.6) is 0 Å². The first-order valence-electron chi connectivity index (χ1n) is 8.59. The topological polar surface area (TPSA) is 57.7 Å². The summed E-state index contributed by atoms with van der Waals surface area (Å²) in [6, 6.07) is 15.3. The summed E-state index contributed by atoms with van der Waals surface area (Å²) < 4.78 is 25.9. The Morgan fingerprint density at radius 1 is 1.04 bits per heavy atom. The molecule has 0 spiro atoms. The fourth-order valence-electron chi connectivity index (χ4n) is 2.77. The molecule has 0 aromatic heterocycles. The van der Waals surface area contributed by atoms with E-state index in [0.717, 1.165) is 22.9 Å². The van der Waals surface area contributed by atoms with E-state index < -0.39 is 10.0 Å². The number of benzene rings is 2. The van der Waals surface area contributed by atoms with Crippen molar-refractivity contribution in [2.75, 3.05) is 23.7 Å². The van der Waals surface area contributed by atoms with E-state index in [4.69, 9.17) is 0 Å². The third kappa shape index (κ3) is 5.08. The maximum Gasteiger partial charge on any atom is 0.243 e. The van der Waals surface area contributed by atoms with Crippen LogP contribution in [0.25, 0.3) is 0 Å². The van der Waals surface area contributed by atoms with Crippen LogP contribution in [0, 0.1) is 13.8 Å². The Morgan fingerprint density at radius 2 is 1.69 bits per heavy atom. The number of likely N-dealkylation sites (N-methyl/N-ethyl adjacent to an activating group) is 1. The van der Waals surface area contributed by atoms with Gasteiger partial charge in [0.15, 0.2) is 0 Å². The van der Waals surface area contributed by atoms with Crippen molar-refractivity contribution in [1.82, 2.24) is 4.90 Å². The van der Waals surface area contributed by atoms with Crippen LogP contribution in [0.15, 0.2) is 48.5 Å². The molecular weight excluding hydrogens is 348 g/mol. The first-order valence-corrected chi connectivity index (χ1v) is 10.4. The fraction of sp³-hybridized carbons (Fsp3) is 0.350. The van der Waals surface area contributed by atoms with E-state index in [1.807, 2.05) is 63.2 Å². The molecule has 0 fully saturated rings. The molecule has 0 N–H and O–H groups in total. The molecule has 2 aromatic rings. The molecule has 0 aliphatic heterocycles. The lowest BCUT2D eigenvalue weighted by Crippen LogP contribution is -2.42. The minimum atomic E-state index is -3.58. The summed E-state index contributed by atoms with van der Waals surface area (Å²) >= 11 is 0. The van der Waals surface area contributed by atoms with Gasteiger partial charge in [0.25, 0.3) is 0 Å². The number of carbonyl (C=O) groups is 1. The average molecular weight is 375 g/mol. The Balaban J connectivity index is 2.27. The fourth-order valence-corrected chi connectivity index (χ4v) is 3.67. The average Bonchev–Trinajstić information content (AvgIpc) is 2.59. The zero-order valence-corrected chi connectivity index (χ0v) is 16.6. The van der Waals surface area contributed by atoms with Gasteiger partial charge < -0.3 is 4.90 Å². The summed E-state index contributed by atoms with van der Waals surface area (Å²) in [5.41, 5.74) is 3.33. The van der Waals surface area contributed by atoms with Gasteiger partial charge in [-0.3, -0.25) is 9.10 Å². The number of nitrogens with zero attached hydrogens (tertiary/aromatic N) is 2. The Hall–Kier alpha value is -2.34. The smallest absolute Gasteiger partial charge is 0.243 e. The minimum absolute atomic E-state index is 0.205. The van der Waals surface area contributed by atoms with Crippen LogP contribution in [0.2, 0.25) is 0 Å². The number of rotatable bonds is 7. The lowest BCUT2D eigenvalue weighted by molar-refractivity contribution is -0.129. The van der Waals surface area contributed by atoms with Crippen LogP contribution < -0.4 is 4.31 Å². The van der Waals surface area contributed by atoms with Gasteiger partial charge in [-0.25, -0.2) is 8.42 Å². The van der Waals surface area contributed by atoms with Crippen LogP contribution in [0.1, 0.15) is 23.6 Å². The van der Waals surface area contributed by atoms with Crippen molar-refractivity contribution in [1.29, 1.82) is 0 Å². The first-order chi connectivity index (χ1) is 12.2. The van der Waals surface area contributed by atoms with Crippen LogP contribution in [-0.4, -0.2) is 38.6 Å². The van der Waals surface area contributed by atoms with Crippen LogP contribution in [-0.2, 0) is 21.4 Å². The molecule has 0 aliphatic rings. The summed E-state index contributed by atoms with van der Waals surface area (Å²) in [7, 11) is -3.58. The molecule has 0 aliphatic carbocycles. The highest BCUT2D eigenvalue weighted by atomic mass is 32.2. The molecule has 0 bridgehead atoms. The van der Waals surface area contributed by atoms with Crippen molar-refractivity contribution in [3.05, 3.63) is 65.2 Å². The third-order valence-electron chi connectivity index (χ3n) is 4.26. The summed E-state index contributed by atoms with van der Waals surface area (Å²) in [6.07, 6.45) is 1.13. The van der Waals surface area contributed by atoms with Crippen LogP contribution >= 0.6 is 0 Å². The van der Waals surface area contributed by atoms with Gasteiger partial charge in [-0.15, -0.1) is 0 Å². The molecule has 0 heterocycles. The van der Waals surface area contributed by atoms with E-state index >= 15 is 0 Å². The summed E-state index contributed by atoms with van der Waals surface area (Å²) in [4.78, 5) is 14.5. The second-order valence-corrected chi connectivity index (χ2v) is 8.36. The molecule has 5 nitrogen and oxygen atoms in total. The van der Waals surface area contributed by atoms with E-state index in [9.17, 15) is 13.2 Å². The second kappa shape index (κ2) is 8.36. The van der Waals surface area contributed by atoms with Crippen LogP contribution in [0.3, 0.4) is 0 Å². The maximum absolute atomic E-state index is 12.8. The van der Waals surface area contributed by atoms with Gasteiger partial charge in [0.1, 0.15) is 6.54 Å². The van der Waals surface area contributed by atoms with Gasteiger partial charge in [-0.05, 0) is 43.5 Å². The zero-order chi connectivity index (χ0) is 19.3. The zero-order valence-electron chi connectivity index (χ0n) is 15.8. The van der Waals surface area contributed by atoms with Crippen molar-refractivity contribution >= 4 is 21.6 Å². The monoisotopic (exact) mass is 374 g/mol. The Bertz CT molecular complexity index is 864. The predicted octanol–water partition coefficient (Wildman–Crippen LogP) is 3.12. The van der Waals surface area contributed by atoms with Gasteiger partial charge in [0.05, 0.1) is 11.9 Å². The molecule has 2 aromatic carbocycles. The van der Waals surface area contributed by atoms with Crippen molar-refractivity contribution in [2.24, 2.45) is 0 Å². The summed E-state index contributed by atoms with van der Waals surface area (Å²) in [5, 5.41) is 0. The van der Waals surface area contributed by atoms with Crippen molar-refractivity contribution < 1.29 is 13.2 Å². The Kier molecular flexibility index (Phi) is 6.42. The molecular formula is C20H26N2O3S. The highest BCUT2D eigenvalue weighted by Gasteiger charge is 2.25. The predicted molar refractivity (Wildman–Crippen MR) is 106 cm³/mol. The second-order valence-electron chi connectivity index (χ2n) is 6.45. The van der Waals surface area contributed by atoms with Gasteiger partial charge in [-0.2, -0.15) is 0 Å². The van der Waals surface area contributed by atoms with Gasteiger partial charge in [-0.1, -0.05) is 42.5 Å². The summed E-state index contributed by atoms with van der Waals surface area (Å²) in [5.74, 6) is -0.220. The van der Waals surface area contributed by atoms with Crippen molar-refractivity contribution in [3.8, 4) is 0 Å². The van der Waals surface area contributed by atoms with Gasteiger partial charge >= 0.3 is 0 Å². The minimum Gasteiger partial charge on any atom is -0.337 e. The number of anilines is 1. The molecule has 0 atom stereocenters. The normalized spacial score (nSPS) is 11.2. The summed E-state index contributed by atoms with van der Waals surface area (Å²) in [6.45, 7) is 6.41. The first kappa shape index (κ1) is 20.0. The third-order valence-corrected chi connectivity index (χ3v) is 5.39. The number of aryl methyl sites for hydroxylation is 2. The quantitative estimate of drug-likeness (QED) is 0.748. The molecule has 0 saturated carbocycles. The molecule has 140 valence electrons. The molecule has 2 rings (SSSR count). The Labute approximate surface area is 156 Å². The van der Waals surface area contributed by atoms with E-state index in [-0.39, 0.29) is 12.5 Å². The molecule has 26 heavy (non-hydrogen) atoms. The lowest BCUT2D eigenvalue weighted by Gasteiger charge is -2.28. The number of hydrogen-bond acceptors (Lipinski definition) is 3. The molecule has 0 saturated heterocycles. The molecule has 6 heteroatoms. The SMILES string of the molecule is CCN(Cc1ccccc1)C(=O)CN(c1cc(C)ccc1C)S(C)(=O)=O. The van der Waals surface area contributed by atoms with Crippen molar-refractivity contribution in [2.45, 2.75) is 27.3 Å². The van der Waals surface area contributed by atoms with Crippen molar-refractivity contribution in [3.63, 3.8) is 0 Å². The molecule has 0 unspecified atom stereocenters. The Morgan fingerprint density at radius 3 is 2.27 bits per heavy atom. The van der Waals surface area contributed by atoms with E-state index in [2.05, 4.69) is 0 Å². The number of hydrogen-bond donors (Lipinski definition) is 0. The standard InChI is InChI=1S/C20H26N2O3S/c1-5-21(14-18-9-7-6-8-10-18)20(23)15-22(26(4,24)25)19-13-16(2)11-12-17(19)3/h6-13H,5,14-15H2,1-4H3. The van der Waals surface area contributed by atoms with Gasteiger partial charge in [0.2, 0.25) is 15.9 Å². The molecule has 1 amide bonds. The van der Waals surface area contributed by atoms with E-state index in [1.54, 1.807) is 11.0 Å². The van der Waals surface area contributed by atoms with E-state index in [1.165, 1.54) is 4.31 Å². The van der Waals surface area contributed by atoms with E-state index in [0.29, 0.717) is 18.8 Å². The highest BCUT2D eigenvalue weighted by molar-refractivity contribution is 7.92. The molecule has 0 radical (unpaired) electrons. The number of sulfonamides is 1.